The SMILES string of the molecule is CCc1cc(C(=O)C2CCCC2)n(C)n1. The van der Waals surface area contributed by atoms with E-state index in [0.29, 0.717) is 5.78 Å². The number of aryl methyl sites for hydroxylation is 2. The maximum Gasteiger partial charge on any atom is 0.183 e. The van der Waals surface area contributed by atoms with Gasteiger partial charge in [-0.05, 0) is 25.3 Å². The molecule has 0 N–H and O–H groups in total. The number of hydrogen-bond acceptors (Lipinski definition) is 2. The molecule has 0 radical (unpaired) electrons. The fraction of sp³-hybridized carbons (Fsp3) is 0.667. The monoisotopic (exact) mass is 206 g/mol. The van der Waals surface area contributed by atoms with Gasteiger partial charge in [-0.1, -0.05) is 19.8 Å². The first-order chi connectivity index (χ1) is 7.22. The van der Waals surface area contributed by atoms with E-state index in [1.54, 1.807) is 4.68 Å². The average molecular weight is 206 g/mol. The lowest BCUT2D eigenvalue weighted by Gasteiger charge is -2.06. The summed E-state index contributed by atoms with van der Waals surface area (Å²) in [4.78, 5) is 12.1. The van der Waals surface area contributed by atoms with Crippen molar-refractivity contribution in [3.63, 3.8) is 0 Å². The standard InChI is InChI=1S/C12H18N2O/c1-3-10-8-11(14(2)13-10)12(15)9-6-4-5-7-9/h8-9H,3-7H2,1-2H3. The summed E-state index contributed by atoms with van der Waals surface area (Å²) >= 11 is 0. The van der Waals surface area contributed by atoms with Crippen molar-refractivity contribution < 1.29 is 4.79 Å². The third-order valence-electron chi connectivity index (χ3n) is 3.27. The van der Waals surface area contributed by atoms with Crippen LogP contribution in [0.15, 0.2) is 6.07 Å². The Morgan fingerprint density at radius 3 is 2.73 bits per heavy atom. The largest absolute Gasteiger partial charge is 0.292 e. The lowest BCUT2D eigenvalue weighted by atomic mass is 10.00. The minimum absolute atomic E-state index is 0.255. The van der Waals surface area contributed by atoms with Gasteiger partial charge in [-0.2, -0.15) is 5.10 Å². The van der Waals surface area contributed by atoms with Crippen LogP contribution in [0.5, 0.6) is 0 Å². The third kappa shape index (κ3) is 1.96. The molecule has 1 aliphatic rings. The lowest BCUT2D eigenvalue weighted by Crippen LogP contribution is -2.15. The van der Waals surface area contributed by atoms with Gasteiger partial charge in [0, 0.05) is 13.0 Å². The Bertz CT molecular complexity index is 362. The molecule has 2 rings (SSSR count). The molecule has 15 heavy (non-hydrogen) atoms. The predicted molar refractivity (Wildman–Crippen MR) is 58.9 cm³/mol. The van der Waals surface area contributed by atoms with Gasteiger partial charge in [0.1, 0.15) is 5.69 Å². The molecule has 1 heterocycles. The fourth-order valence-electron chi connectivity index (χ4n) is 2.33. The van der Waals surface area contributed by atoms with E-state index in [4.69, 9.17) is 0 Å². The normalized spacial score (nSPS) is 17.2. The summed E-state index contributed by atoms with van der Waals surface area (Å²) in [6.45, 7) is 2.06. The van der Waals surface area contributed by atoms with Crippen molar-refractivity contribution in [2.24, 2.45) is 13.0 Å². The van der Waals surface area contributed by atoms with Crippen LogP contribution in [0.3, 0.4) is 0 Å². The van der Waals surface area contributed by atoms with Crippen molar-refractivity contribution in [3.05, 3.63) is 17.5 Å². The van der Waals surface area contributed by atoms with Crippen molar-refractivity contribution in [3.8, 4) is 0 Å². The van der Waals surface area contributed by atoms with Crippen LogP contribution in [0.4, 0.5) is 0 Å². The Hall–Kier alpha value is -1.12. The van der Waals surface area contributed by atoms with Crippen LogP contribution in [0.1, 0.15) is 48.8 Å². The summed E-state index contributed by atoms with van der Waals surface area (Å²) < 4.78 is 1.74. The fourth-order valence-corrected chi connectivity index (χ4v) is 2.33. The lowest BCUT2D eigenvalue weighted by molar-refractivity contribution is 0.0913. The number of rotatable bonds is 3. The molecule has 3 heteroatoms. The first kappa shape index (κ1) is 10.4. The molecule has 3 nitrogen and oxygen atoms in total. The molecule has 1 fully saturated rings. The van der Waals surface area contributed by atoms with Crippen molar-refractivity contribution >= 4 is 5.78 Å². The summed E-state index contributed by atoms with van der Waals surface area (Å²) in [7, 11) is 1.86. The summed E-state index contributed by atoms with van der Waals surface area (Å²) in [5.74, 6) is 0.548. The van der Waals surface area contributed by atoms with Gasteiger partial charge in [0.2, 0.25) is 0 Å². The molecular weight excluding hydrogens is 188 g/mol. The summed E-state index contributed by atoms with van der Waals surface area (Å²) in [6.07, 6.45) is 5.42. The molecule has 0 aromatic carbocycles. The summed E-state index contributed by atoms with van der Waals surface area (Å²) in [5, 5.41) is 4.32. The van der Waals surface area contributed by atoms with Gasteiger partial charge in [-0.25, -0.2) is 0 Å². The van der Waals surface area contributed by atoms with E-state index in [1.807, 2.05) is 13.1 Å². The molecule has 0 amide bonds. The molecule has 0 spiro atoms. The number of Topliss-reactive ketones (excluding diaryl/α,β-unsaturated/α-hetero) is 1. The average Bonchev–Trinajstić information content (AvgIpc) is 2.85. The van der Waals surface area contributed by atoms with Crippen molar-refractivity contribution in [1.29, 1.82) is 0 Å². The predicted octanol–water partition coefficient (Wildman–Crippen LogP) is 2.36. The topological polar surface area (TPSA) is 34.9 Å². The smallest absolute Gasteiger partial charge is 0.183 e. The van der Waals surface area contributed by atoms with Crippen molar-refractivity contribution in [1.82, 2.24) is 9.78 Å². The first-order valence-corrected chi connectivity index (χ1v) is 5.79. The van der Waals surface area contributed by atoms with Crippen LogP contribution in [-0.4, -0.2) is 15.6 Å². The second-order valence-electron chi connectivity index (χ2n) is 4.34. The van der Waals surface area contributed by atoms with E-state index in [-0.39, 0.29) is 5.92 Å². The maximum atomic E-state index is 12.1. The van der Waals surface area contributed by atoms with Crippen LogP contribution >= 0.6 is 0 Å². The quantitative estimate of drug-likeness (QED) is 0.711. The van der Waals surface area contributed by atoms with Gasteiger partial charge >= 0.3 is 0 Å². The number of aromatic nitrogens is 2. The van der Waals surface area contributed by atoms with E-state index in [1.165, 1.54) is 12.8 Å². The highest BCUT2D eigenvalue weighted by Gasteiger charge is 2.26. The van der Waals surface area contributed by atoms with Gasteiger partial charge in [-0.15, -0.1) is 0 Å². The van der Waals surface area contributed by atoms with Gasteiger partial charge in [0.05, 0.1) is 5.69 Å². The number of carbonyl (C=O) groups excluding carboxylic acids is 1. The van der Waals surface area contributed by atoms with Crippen molar-refractivity contribution in [2.45, 2.75) is 39.0 Å². The van der Waals surface area contributed by atoms with Crippen molar-refractivity contribution in [2.75, 3.05) is 0 Å². The zero-order valence-electron chi connectivity index (χ0n) is 9.49. The molecule has 1 aliphatic carbocycles. The Morgan fingerprint density at radius 1 is 1.53 bits per heavy atom. The molecule has 1 aromatic heterocycles. The Labute approximate surface area is 90.5 Å². The first-order valence-electron chi connectivity index (χ1n) is 5.79. The second kappa shape index (κ2) is 4.17. The van der Waals surface area contributed by atoms with Gasteiger partial charge in [0.15, 0.2) is 5.78 Å². The van der Waals surface area contributed by atoms with Crippen LogP contribution in [0, 0.1) is 5.92 Å². The third-order valence-corrected chi connectivity index (χ3v) is 3.27. The van der Waals surface area contributed by atoms with Crippen LogP contribution in [0.2, 0.25) is 0 Å². The zero-order valence-corrected chi connectivity index (χ0v) is 9.49. The Balaban J connectivity index is 2.20. The number of carbonyl (C=O) groups is 1. The molecule has 0 bridgehead atoms. The number of nitrogens with zero attached hydrogens (tertiary/aromatic N) is 2. The molecule has 0 unspecified atom stereocenters. The highest BCUT2D eigenvalue weighted by molar-refractivity contribution is 5.96. The van der Waals surface area contributed by atoms with E-state index in [0.717, 1.165) is 30.7 Å². The highest BCUT2D eigenvalue weighted by Crippen LogP contribution is 2.28. The molecular formula is C12H18N2O. The molecule has 82 valence electrons. The van der Waals surface area contributed by atoms with E-state index in [2.05, 4.69) is 12.0 Å². The molecule has 0 aliphatic heterocycles. The number of ketones is 1. The van der Waals surface area contributed by atoms with Gasteiger partial charge in [-0.3, -0.25) is 9.48 Å². The minimum atomic E-state index is 0.255. The molecule has 0 atom stereocenters. The molecule has 1 aromatic rings. The van der Waals surface area contributed by atoms with Crippen LogP contribution in [0.25, 0.3) is 0 Å². The van der Waals surface area contributed by atoms with Gasteiger partial charge in [0.25, 0.3) is 0 Å². The van der Waals surface area contributed by atoms with Crippen LogP contribution < -0.4 is 0 Å². The summed E-state index contributed by atoms with van der Waals surface area (Å²) in [6, 6.07) is 1.95. The highest BCUT2D eigenvalue weighted by atomic mass is 16.1. The maximum absolute atomic E-state index is 12.1. The second-order valence-corrected chi connectivity index (χ2v) is 4.34. The van der Waals surface area contributed by atoms with Gasteiger partial charge < -0.3 is 0 Å². The Morgan fingerprint density at radius 2 is 2.20 bits per heavy atom. The van der Waals surface area contributed by atoms with Crippen LogP contribution in [-0.2, 0) is 13.5 Å². The van der Waals surface area contributed by atoms with E-state index in [9.17, 15) is 4.79 Å². The zero-order chi connectivity index (χ0) is 10.8. The molecule has 1 saturated carbocycles. The van der Waals surface area contributed by atoms with E-state index >= 15 is 0 Å². The Kier molecular flexibility index (Phi) is 2.89. The number of hydrogen-bond donors (Lipinski definition) is 0. The summed E-state index contributed by atoms with van der Waals surface area (Å²) in [5.41, 5.74) is 1.80. The molecule has 0 saturated heterocycles. The van der Waals surface area contributed by atoms with E-state index < -0.39 is 0 Å². The minimum Gasteiger partial charge on any atom is -0.292 e.